The fraction of sp³-hybridized carbons (Fsp3) is 0.889. The first-order valence-electron chi connectivity index (χ1n) is 3.75. The van der Waals surface area contributed by atoms with Crippen molar-refractivity contribution in [2.24, 2.45) is 10.8 Å². The van der Waals surface area contributed by atoms with E-state index in [1.54, 1.807) is 0 Å². The second-order valence-corrected chi connectivity index (χ2v) is 4.50. The fourth-order valence-corrected chi connectivity index (χ4v) is 0.562. The van der Waals surface area contributed by atoms with Crippen LogP contribution in [0.2, 0.25) is 0 Å². The van der Waals surface area contributed by atoms with Crippen LogP contribution < -0.4 is 0 Å². The van der Waals surface area contributed by atoms with Crippen LogP contribution in [-0.4, -0.2) is 5.71 Å². The highest BCUT2D eigenvalue weighted by molar-refractivity contribution is 5.84. The molecule has 0 unspecified atom stereocenters. The van der Waals surface area contributed by atoms with Gasteiger partial charge >= 0.3 is 0 Å². The van der Waals surface area contributed by atoms with Crippen LogP contribution in [0.15, 0.2) is 0 Å². The Labute approximate surface area is 64.3 Å². The molecule has 1 heteroatoms. The van der Waals surface area contributed by atoms with E-state index in [2.05, 4.69) is 34.6 Å². The molecule has 0 aromatic carbocycles. The van der Waals surface area contributed by atoms with Crippen LogP contribution in [-0.2, 0) is 0 Å². The predicted molar refractivity (Wildman–Crippen MR) is 46.6 cm³/mol. The van der Waals surface area contributed by atoms with Crippen LogP contribution in [0.25, 0.3) is 0 Å². The molecule has 0 atom stereocenters. The lowest BCUT2D eigenvalue weighted by Gasteiger charge is -2.38. The summed E-state index contributed by atoms with van der Waals surface area (Å²) >= 11 is 0. The molecule has 0 saturated carbocycles. The van der Waals surface area contributed by atoms with Gasteiger partial charge in [0.05, 0.1) is 0 Å². The van der Waals surface area contributed by atoms with Crippen molar-refractivity contribution < 1.29 is 0 Å². The molecule has 0 rings (SSSR count). The van der Waals surface area contributed by atoms with E-state index in [0.717, 1.165) is 5.71 Å². The van der Waals surface area contributed by atoms with Crippen molar-refractivity contribution in [2.45, 2.75) is 41.5 Å². The Hall–Kier alpha value is -0.330. The van der Waals surface area contributed by atoms with Crippen molar-refractivity contribution in [3.63, 3.8) is 0 Å². The highest BCUT2D eigenvalue weighted by atomic mass is 14.5. The molecule has 1 nitrogen and oxygen atoms in total. The maximum atomic E-state index is 7.55. The van der Waals surface area contributed by atoms with Crippen molar-refractivity contribution >= 4 is 5.71 Å². The maximum absolute atomic E-state index is 7.55. The fourth-order valence-electron chi connectivity index (χ4n) is 0.562. The number of rotatable bonds is 1. The summed E-state index contributed by atoms with van der Waals surface area (Å²) in [5.41, 5.74) is 0.978. The Balaban J connectivity index is 4.57. The summed E-state index contributed by atoms with van der Waals surface area (Å²) in [6.45, 7) is 12.6. The Morgan fingerprint density at radius 3 is 1.30 bits per heavy atom. The largest absolute Gasteiger partial charge is 0.309 e. The minimum atomic E-state index is 0.0208. The molecular formula is C9H19N. The average molecular weight is 141 g/mol. The molecule has 0 saturated heterocycles. The highest BCUT2D eigenvalue weighted by Crippen LogP contribution is 2.38. The number of hydrogen-bond acceptors (Lipinski definition) is 1. The molecule has 0 fully saturated rings. The molecular weight excluding hydrogens is 122 g/mol. The summed E-state index contributed by atoms with van der Waals surface area (Å²) in [6.07, 6.45) is 0. The minimum absolute atomic E-state index is 0.0208. The van der Waals surface area contributed by atoms with Gasteiger partial charge in [-0.1, -0.05) is 34.6 Å². The molecule has 60 valence electrons. The smallest absolute Gasteiger partial charge is 0.0120 e. The van der Waals surface area contributed by atoms with Gasteiger partial charge in [0, 0.05) is 11.1 Å². The number of nitrogens with one attached hydrogen (secondary N) is 1. The van der Waals surface area contributed by atoms with E-state index < -0.39 is 0 Å². The monoisotopic (exact) mass is 141 g/mol. The van der Waals surface area contributed by atoms with Gasteiger partial charge in [0.1, 0.15) is 0 Å². The number of hydrogen-bond donors (Lipinski definition) is 1. The van der Waals surface area contributed by atoms with Crippen molar-refractivity contribution in [1.82, 2.24) is 0 Å². The van der Waals surface area contributed by atoms with Gasteiger partial charge in [-0.25, -0.2) is 0 Å². The highest BCUT2D eigenvalue weighted by Gasteiger charge is 2.34. The third kappa shape index (κ3) is 1.59. The van der Waals surface area contributed by atoms with Crippen LogP contribution in [0.4, 0.5) is 0 Å². The maximum Gasteiger partial charge on any atom is 0.0120 e. The van der Waals surface area contributed by atoms with Gasteiger partial charge < -0.3 is 5.41 Å². The van der Waals surface area contributed by atoms with Crippen molar-refractivity contribution in [1.29, 1.82) is 5.41 Å². The Morgan fingerprint density at radius 1 is 1.00 bits per heavy atom. The summed E-state index contributed by atoms with van der Waals surface area (Å²) in [7, 11) is 0. The Bertz CT molecular complexity index is 137. The Kier molecular flexibility index (Phi) is 2.29. The van der Waals surface area contributed by atoms with E-state index in [9.17, 15) is 0 Å². The van der Waals surface area contributed by atoms with Crippen LogP contribution in [0.1, 0.15) is 41.5 Å². The van der Waals surface area contributed by atoms with Crippen LogP contribution in [0.5, 0.6) is 0 Å². The summed E-state index contributed by atoms with van der Waals surface area (Å²) in [6, 6.07) is 0. The van der Waals surface area contributed by atoms with Crippen LogP contribution >= 0.6 is 0 Å². The first kappa shape index (κ1) is 9.67. The van der Waals surface area contributed by atoms with E-state index in [0.29, 0.717) is 0 Å². The second kappa shape index (κ2) is 2.37. The zero-order valence-electron chi connectivity index (χ0n) is 8.00. The van der Waals surface area contributed by atoms with Crippen molar-refractivity contribution in [2.75, 3.05) is 0 Å². The quantitative estimate of drug-likeness (QED) is 0.542. The van der Waals surface area contributed by atoms with E-state index in [1.165, 1.54) is 0 Å². The zero-order valence-corrected chi connectivity index (χ0v) is 8.00. The third-order valence-electron chi connectivity index (χ3n) is 2.81. The summed E-state index contributed by atoms with van der Waals surface area (Å²) in [5, 5.41) is 7.55. The Morgan fingerprint density at radius 2 is 1.30 bits per heavy atom. The lowest BCUT2D eigenvalue weighted by Crippen LogP contribution is -2.35. The van der Waals surface area contributed by atoms with Gasteiger partial charge in [-0.15, -0.1) is 0 Å². The van der Waals surface area contributed by atoms with Gasteiger partial charge in [-0.2, -0.15) is 0 Å². The molecule has 0 heterocycles. The summed E-state index contributed by atoms with van der Waals surface area (Å²) in [5.74, 6) is 0. The van der Waals surface area contributed by atoms with Crippen molar-refractivity contribution in [3.8, 4) is 0 Å². The standard InChI is InChI=1S/C9H19N/c1-7(10)9(5,6)8(2,3)4/h10H,1-6H3. The molecule has 0 radical (unpaired) electrons. The molecule has 0 spiro atoms. The molecule has 0 bridgehead atoms. The van der Waals surface area contributed by atoms with Crippen molar-refractivity contribution in [3.05, 3.63) is 0 Å². The predicted octanol–water partition coefficient (Wildman–Crippen LogP) is 3.10. The normalized spacial score (nSPS) is 13.4. The first-order chi connectivity index (χ1) is 4.19. The SMILES string of the molecule is CC(=N)C(C)(C)C(C)(C)C. The molecule has 0 amide bonds. The zero-order chi connectivity index (χ0) is 8.58. The van der Waals surface area contributed by atoms with Crippen LogP contribution in [0.3, 0.4) is 0 Å². The van der Waals surface area contributed by atoms with E-state index in [4.69, 9.17) is 5.41 Å². The average Bonchev–Trinajstić information content (AvgIpc) is 1.62. The second-order valence-electron chi connectivity index (χ2n) is 4.50. The lowest BCUT2D eigenvalue weighted by atomic mass is 9.67. The molecule has 0 aliphatic heterocycles. The minimum Gasteiger partial charge on any atom is -0.309 e. The van der Waals surface area contributed by atoms with E-state index >= 15 is 0 Å². The molecule has 0 aliphatic carbocycles. The summed E-state index contributed by atoms with van der Waals surface area (Å²) in [4.78, 5) is 0. The van der Waals surface area contributed by atoms with Crippen LogP contribution in [0, 0.1) is 16.2 Å². The molecule has 10 heavy (non-hydrogen) atoms. The van der Waals surface area contributed by atoms with Gasteiger partial charge in [-0.3, -0.25) is 0 Å². The van der Waals surface area contributed by atoms with Gasteiger partial charge in [0.15, 0.2) is 0 Å². The summed E-state index contributed by atoms with van der Waals surface area (Å²) < 4.78 is 0. The molecule has 0 aromatic rings. The van der Waals surface area contributed by atoms with Gasteiger partial charge in [-0.05, 0) is 12.3 Å². The van der Waals surface area contributed by atoms with Gasteiger partial charge in [0.2, 0.25) is 0 Å². The van der Waals surface area contributed by atoms with E-state index in [-0.39, 0.29) is 10.8 Å². The lowest BCUT2D eigenvalue weighted by molar-refractivity contribution is 0.214. The molecule has 0 aliphatic rings. The molecule has 1 N–H and O–H groups in total. The first-order valence-corrected chi connectivity index (χ1v) is 3.75. The van der Waals surface area contributed by atoms with E-state index in [1.807, 2.05) is 6.92 Å². The molecule has 0 aromatic heterocycles. The van der Waals surface area contributed by atoms with Gasteiger partial charge in [0.25, 0.3) is 0 Å². The third-order valence-corrected chi connectivity index (χ3v) is 2.81. The topological polar surface area (TPSA) is 23.9 Å².